The van der Waals surface area contributed by atoms with Gasteiger partial charge in [-0.25, -0.2) is 0 Å². The molecule has 2 aromatic heterocycles. The smallest absolute Gasteiger partial charge is 0.272 e. The van der Waals surface area contributed by atoms with Crippen LogP contribution in [0.15, 0.2) is 30.5 Å². The van der Waals surface area contributed by atoms with Gasteiger partial charge in [-0.15, -0.1) is 0 Å². The van der Waals surface area contributed by atoms with E-state index in [-0.39, 0.29) is 12.7 Å². The zero-order valence-corrected chi connectivity index (χ0v) is 14.2. The summed E-state index contributed by atoms with van der Waals surface area (Å²) < 4.78 is 12.4. The van der Waals surface area contributed by atoms with Crippen LogP contribution in [0.4, 0.5) is 0 Å². The fraction of sp³-hybridized carbons (Fsp3) is 0.278. The molecule has 0 atom stereocenters. The summed E-state index contributed by atoms with van der Waals surface area (Å²) in [5, 5.41) is 11.7. The maximum absolute atomic E-state index is 12.8. The van der Waals surface area contributed by atoms with Gasteiger partial charge < -0.3 is 14.4 Å². The zero-order chi connectivity index (χ0) is 17.7. The first-order valence-corrected chi connectivity index (χ1v) is 8.44. The molecule has 5 rings (SSSR count). The second-order valence-corrected chi connectivity index (χ2v) is 6.41. The van der Waals surface area contributed by atoms with Crippen molar-refractivity contribution in [1.82, 2.24) is 24.9 Å². The molecule has 2 aliphatic heterocycles. The van der Waals surface area contributed by atoms with Crippen LogP contribution in [0.25, 0.3) is 11.3 Å². The normalized spacial score (nSPS) is 15.2. The van der Waals surface area contributed by atoms with Crippen LogP contribution >= 0.6 is 0 Å². The first-order valence-electron chi connectivity index (χ1n) is 8.44. The van der Waals surface area contributed by atoms with Crippen LogP contribution in [-0.2, 0) is 20.0 Å². The molecule has 0 bridgehead atoms. The number of hydrogen-bond donors (Lipinski definition) is 1. The topological polar surface area (TPSA) is 85.3 Å². The number of H-pyrrole nitrogens is 1. The number of aromatic nitrogens is 4. The molecule has 0 spiro atoms. The molecule has 0 radical (unpaired) electrons. The number of aromatic amines is 1. The molecule has 0 fully saturated rings. The lowest BCUT2D eigenvalue weighted by atomic mass is 10.0. The van der Waals surface area contributed by atoms with Gasteiger partial charge in [0.2, 0.25) is 6.79 Å². The molecule has 0 saturated carbocycles. The predicted molar refractivity (Wildman–Crippen MR) is 91.8 cm³/mol. The number of ether oxygens (including phenoxy) is 2. The quantitative estimate of drug-likeness (QED) is 0.760. The van der Waals surface area contributed by atoms with Crippen molar-refractivity contribution >= 4 is 5.91 Å². The standard InChI is InChI=1S/C18H17N5O3/c1-22-14(4-6-19-22)18(24)23-7-5-13-12(9-23)17(21-20-13)11-2-3-15-16(8-11)26-10-25-15/h2-4,6,8H,5,7,9-10H2,1H3,(H,20,21). The van der Waals surface area contributed by atoms with Crippen LogP contribution < -0.4 is 9.47 Å². The van der Waals surface area contributed by atoms with E-state index in [1.807, 2.05) is 23.1 Å². The van der Waals surface area contributed by atoms with Gasteiger partial charge in [0.1, 0.15) is 5.69 Å². The van der Waals surface area contributed by atoms with Crippen LogP contribution in [0.3, 0.4) is 0 Å². The number of rotatable bonds is 2. The third-order valence-electron chi connectivity index (χ3n) is 4.91. The van der Waals surface area contributed by atoms with Crippen LogP contribution in [0, 0.1) is 0 Å². The summed E-state index contributed by atoms with van der Waals surface area (Å²) in [4.78, 5) is 14.7. The Morgan fingerprint density at radius 1 is 1.23 bits per heavy atom. The minimum atomic E-state index is -0.0199. The van der Waals surface area contributed by atoms with Crippen molar-refractivity contribution in [3.63, 3.8) is 0 Å². The molecule has 4 heterocycles. The van der Waals surface area contributed by atoms with Crippen molar-refractivity contribution in [1.29, 1.82) is 0 Å². The molecule has 0 unspecified atom stereocenters. The van der Waals surface area contributed by atoms with Gasteiger partial charge in [-0.05, 0) is 24.3 Å². The molecule has 1 N–H and O–H groups in total. The number of amides is 1. The molecule has 8 nitrogen and oxygen atoms in total. The number of fused-ring (bicyclic) bond motifs is 2. The Morgan fingerprint density at radius 3 is 2.96 bits per heavy atom. The van der Waals surface area contributed by atoms with E-state index in [1.54, 1.807) is 24.0 Å². The molecule has 26 heavy (non-hydrogen) atoms. The average Bonchev–Trinajstić information content (AvgIpc) is 3.38. The summed E-state index contributed by atoms with van der Waals surface area (Å²) in [6.45, 7) is 1.41. The summed E-state index contributed by atoms with van der Waals surface area (Å²) in [6.07, 6.45) is 2.38. The Morgan fingerprint density at radius 2 is 2.12 bits per heavy atom. The van der Waals surface area contributed by atoms with E-state index in [4.69, 9.17) is 9.47 Å². The van der Waals surface area contributed by atoms with Gasteiger partial charge in [-0.1, -0.05) is 0 Å². The third kappa shape index (κ3) is 2.26. The van der Waals surface area contributed by atoms with Crippen LogP contribution in [0.5, 0.6) is 11.5 Å². The lowest BCUT2D eigenvalue weighted by molar-refractivity contribution is 0.0723. The van der Waals surface area contributed by atoms with Crippen LogP contribution in [0.2, 0.25) is 0 Å². The number of carbonyl (C=O) groups is 1. The lowest BCUT2D eigenvalue weighted by Gasteiger charge is -2.27. The number of nitrogens with zero attached hydrogens (tertiary/aromatic N) is 4. The van der Waals surface area contributed by atoms with Crippen LogP contribution in [0.1, 0.15) is 21.7 Å². The molecule has 0 aliphatic carbocycles. The molecule has 0 saturated heterocycles. The van der Waals surface area contributed by atoms with Crippen molar-refractivity contribution in [2.75, 3.05) is 13.3 Å². The highest BCUT2D eigenvalue weighted by atomic mass is 16.7. The Hall–Kier alpha value is -3.29. The monoisotopic (exact) mass is 351 g/mol. The zero-order valence-electron chi connectivity index (χ0n) is 14.2. The summed E-state index contributed by atoms with van der Waals surface area (Å²) in [5.74, 6) is 1.44. The maximum Gasteiger partial charge on any atom is 0.272 e. The maximum atomic E-state index is 12.8. The van der Waals surface area contributed by atoms with Gasteiger partial charge in [0.25, 0.3) is 5.91 Å². The van der Waals surface area contributed by atoms with Crippen LogP contribution in [-0.4, -0.2) is 44.1 Å². The Balaban J connectivity index is 1.47. The van der Waals surface area contributed by atoms with E-state index >= 15 is 0 Å². The fourth-order valence-corrected chi connectivity index (χ4v) is 3.50. The molecular weight excluding hydrogens is 334 g/mol. The number of nitrogens with one attached hydrogen (secondary N) is 1. The molecule has 132 valence electrons. The minimum Gasteiger partial charge on any atom is -0.454 e. The molecule has 3 aromatic rings. The van der Waals surface area contributed by atoms with Gasteiger partial charge in [0, 0.05) is 43.0 Å². The highest BCUT2D eigenvalue weighted by molar-refractivity contribution is 5.92. The van der Waals surface area contributed by atoms with E-state index in [0.29, 0.717) is 18.8 Å². The Bertz CT molecular complexity index is 1010. The highest BCUT2D eigenvalue weighted by Crippen LogP contribution is 2.37. The summed E-state index contributed by atoms with van der Waals surface area (Å²) in [5.41, 5.74) is 4.50. The van der Waals surface area contributed by atoms with Crippen molar-refractivity contribution in [2.24, 2.45) is 7.05 Å². The molecule has 2 aliphatic rings. The van der Waals surface area contributed by atoms with E-state index in [0.717, 1.165) is 40.4 Å². The summed E-state index contributed by atoms with van der Waals surface area (Å²) in [7, 11) is 1.78. The van der Waals surface area contributed by atoms with E-state index in [9.17, 15) is 4.79 Å². The largest absolute Gasteiger partial charge is 0.454 e. The van der Waals surface area contributed by atoms with Gasteiger partial charge in [0.05, 0.1) is 12.2 Å². The van der Waals surface area contributed by atoms with Crippen molar-refractivity contribution < 1.29 is 14.3 Å². The van der Waals surface area contributed by atoms with Crippen molar-refractivity contribution in [3.05, 3.63) is 47.4 Å². The van der Waals surface area contributed by atoms with Gasteiger partial charge in [-0.2, -0.15) is 10.2 Å². The summed E-state index contributed by atoms with van der Waals surface area (Å²) in [6, 6.07) is 7.53. The lowest BCUT2D eigenvalue weighted by Crippen LogP contribution is -2.36. The molecule has 1 amide bonds. The number of hydrogen-bond acceptors (Lipinski definition) is 5. The Kier molecular flexibility index (Phi) is 3.24. The molecule has 1 aromatic carbocycles. The molecular formula is C18H17N5O3. The SMILES string of the molecule is Cn1nccc1C(=O)N1CCc2[nH]nc(-c3ccc4c(c3)OCO4)c2C1. The second-order valence-electron chi connectivity index (χ2n) is 6.41. The molecule has 8 heteroatoms. The van der Waals surface area contributed by atoms with E-state index in [1.165, 1.54) is 0 Å². The first-order chi connectivity index (χ1) is 12.7. The second kappa shape index (κ2) is 5.62. The number of carbonyl (C=O) groups excluding carboxylic acids is 1. The highest BCUT2D eigenvalue weighted by Gasteiger charge is 2.28. The minimum absolute atomic E-state index is 0.0199. The number of aryl methyl sites for hydroxylation is 1. The van der Waals surface area contributed by atoms with E-state index < -0.39 is 0 Å². The fourth-order valence-electron chi connectivity index (χ4n) is 3.50. The van der Waals surface area contributed by atoms with Crippen molar-refractivity contribution in [2.45, 2.75) is 13.0 Å². The van der Waals surface area contributed by atoms with E-state index in [2.05, 4.69) is 15.3 Å². The van der Waals surface area contributed by atoms with Gasteiger partial charge in [0.15, 0.2) is 11.5 Å². The predicted octanol–water partition coefficient (Wildman–Crippen LogP) is 1.74. The Labute approximate surface area is 149 Å². The summed E-state index contributed by atoms with van der Waals surface area (Å²) >= 11 is 0. The first kappa shape index (κ1) is 15.0. The number of benzene rings is 1. The van der Waals surface area contributed by atoms with Gasteiger partial charge >= 0.3 is 0 Å². The van der Waals surface area contributed by atoms with Gasteiger partial charge in [-0.3, -0.25) is 14.6 Å². The third-order valence-corrected chi connectivity index (χ3v) is 4.91. The average molecular weight is 351 g/mol. The van der Waals surface area contributed by atoms with Crippen molar-refractivity contribution in [3.8, 4) is 22.8 Å².